The van der Waals surface area contributed by atoms with Gasteiger partial charge >= 0.3 is 0 Å². The lowest BCUT2D eigenvalue weighted by Crippen LogP contribution is -2.43. The number of methoxy groups -OCH3 is 1. The minimum Gasteiger partial charge on any atom is -0.497 e. The Bertz CT molecular complexity index is 628. The molecule has 1 heterocycles. The Kier molecular flexibility index (Phi) is 5.79. The highest BCUT2D eigenvalue weighted by molar-refractivity contribution is 5.73. The molecule has 3 saturated carbocycles. The molecule has 150 valence electrons. The monoisotopic (exact) mass is 374 g/mol. The summed E-state index contributed by atoms with van der Waals surface area (Å²) < 4.78 is 5.24. The Morgan fingerprint density at radius 2 is 1.67 bits per heavy atom. The molecule has 2 bridgehead atoms. The first kappa shape index (κ1) is 18.9. The standard InChI is InChI=1S/C22H34N2O3/c1-27-16-11-12-18-20(13-16)24-22(26)19(23-18)6-4-2-3-5-17-14-7-9-15(10-8-14)21(17)25/h11-15,17,19,21-26H,2-10H2,1H3/t14?,15?,17-,19?,21?,22?/m1/s1. The number of hydrogen-bond acceptors (Lipinski definition) is 5. The second-order valence-electron chi connectivity index (χ2n) is 8.72. The summed E-state index contributed by atoms with van der Waals surface area (Å²) in [5.41, 5.74) is 1.91. The molecule has 5 heteroatoms. The van der Waals surface area contributed by atoms with Gasteiger partial charge in [0.15, 0.2) is 0 Å². The number of hydrogen-bond donors (Lipinski definition) is 4. The SMILES string of the molecule is COc1ccc2c(c1)NC(O)C(CCCCC[C@@H]1C3CCC(CC3)C1O)N2. The molecule has 4 atom stereocenters. The minimum absolute atomic E-state index is 0.0298. The molecule has 5 rings (SSSR count). The van der Waals surface area contributed by atoms with E-state index < -0.39 is 6.23 Å². The van der Waals surface area contributed by atoms with Crippen molar-refractivity contribution < 1.29 is 14.9 Å². The third kappa shape index (κ3) is 4.04. The number of fused-ring (bicyclic) bond motifs is 4. The highest BCUT2D eigenvalue weighted by Crippen LogP contribution is 2.47. The van der Waals surface area contributed by atoms with Crippen LogP contribution in [0.3, 0.4) is 0 Å². The van der Waals surface area contributed by atoms with Crippen LogP contribution in [0.1, 0.15) is 57.8 Å². The van der Waals surface area contributed by atoms with Crippen molar-refractivity contribution in [2.75, 3.05) is 17.7 Å². The van der Waals surface area contributed by atoms with Crippen LogP contribution < -0.4 is 15.4 Å². The average Bonchev–Trinajstić information content (AvgIpc) is 2.70. The largest absolute Gasteiger partial charge is 0.497 e. The van der Waals surface area contributed by atoms with Crippen molar-refractivity contribution in [1.29, 1.82) is 0 Å². The molecule has 3 fully saturated rings. The lowest BCUT2D eigenvalue weighted by atomic mass is 9.62. The molecule has 3 aliphatic carbocycles. The van der Waals surface area contributed by atoms with E-state index in [0.29, 0.717) is 11.8 Å². The maximum atomic E-state index is 10.5. The Morgan fingerprint density at radius 3 is 2.41 bits per heavy atom. The van der Waals surface area contributed by atoms with Gasteiger partial charge in [0.05, 0.1) is 30.6 Å². The summed E-state index contributed by atoms with van der Waals surface area (Å²) in [6, 6.07) is 5.87. The lowest BCUT2D eigenvalue weighted by molar-refractivity contribution is -0.0592. The van der Waals surface area contributed by atoms with Crippen LogP contribution in [0.2, 0.25) is 0 Å². The lowest BCUT2D eigenvalue weighted by Gasteiger charge is -2.46. The van der Waals surface area contributed by atoms with Gasteiger partial charge in [-0.1, -0.05) is 19.3 Å². The summed E-state index contributed by atoms with van der Waals surface area (Å²) >= 11 is 0. The summed E-state index contributed by atoms with van der Waals surface area (Å²) in [7, 11) is 1.65. The van der Waals surface area contributed by atoms with Gasteiger partial charge in [-0.2, -0.15) is 0 Å². The third-order valence-electron chi connectivity index (χ3n) is 7.15. The normalized spacial score (nSPS) is 34.5. The van der Waals surface area contributed by atoms with Crippen molar-refractivity contribution in [2.24, 2.45) is 17.8 Å². The number of aliphatic hydroxyl groups excluding tert-OH is 2. The summed E-state index contributed by atoms with van der Waals surface area (Å²) in [4.78, 5) is 0. The van der Waals surface area contributed by atoms with E-state index in [-0.39, 0.29) is 12.1 Å². The van der Waals surface area contributed by atoms with Crippen LogP contribution in [0.25, 0.3) is 0 Å². The Balaban J connectivity index is 1.20. The smallest absolute Gasteiger partial charge is 0.144 e. The number of anilines is 2. The van der Waals surface area contributed by atoms with E-state index in [2.05, 4.69) is 10.6 Å². The van der Waals surface area contributed by atoms with Crippen LogP contribution in [0.4, 0.5) is 11.4 Å². The first-order chi connectivity index (χ1) is 13.2. The van der Waals surface area contributed by atoms with Crippen LogP contribution in [0.5, 0.6) is 5.75 Å². The quantitative estimate of drug-likeness (QED) is 0.544. The molecule has 4 N–H and O–H groups in total. The van der Waals surface area contributed by atoms with Crippen molar-refractivity contribution in [2.45, 2.75) is 76.2 Å². The highest BCUT2D eigenvalue weighted by atomic mass is 16.5. The highest BCUT2D eigenvalue weighted by Gasteiger charge is 2.41. The summed E-state index contributed by atoms with van der Waals surface area (Å²) in [6.45, 7) is 0. The second-order valence-corrected chi connectivity index (χ2v) is 8.72. The second kappa shape index (κ2) is 8.27. The molecular weight excluding hydrogens is 340 g/mol. The Morgan fingerprint density at radius 1 is 0.926 bits per heavy atom. The summed E-state index contributed by atoms with van der Waals surface area (Å²) in [5.74, 6) is 2.67. The van der Waals surface area contributed by atoms with Crippen molar-refractivity contribution in [1.82, 2.24) is 0 Å². The fraction of sp³-hybridized carbons (Fsp3) is 0.727. The predicted octanol–water partition coefficient (Wildman–Crippen LogP) is 3.97. The van der Waals surface area contributed by atoms with E-state index in [9.17, 15) is 10.2 Å². The van der Waals surface area contributed by atoms with Gasteiger partial charge in [-0.05, 0) is 68.4 Å². The van der Waals surface area contributed by atoms with Crippen molar-refractivity contribution in [3.05, 3.63) is 18.2 Å². The molecule has 1 aromatic rings. The van der Waals surface area contributed by atoms with Gasteiger partial charge in [0.1, 0.15) is 12.0 Å². The molecule has 1 aromatic carbocycles. The van der Waals surface area contributed by atoms with Gasteiger partial charge in [0.2, 0.25) is 0 Å². The maximum absolute atomic E-state index is 10.5. The molecule has 5 nitrogen and oxygen atoms in total. The summed E-state index contributed by atoms with van der Waals surface area (Å²) in [5, 5.41) is 27.6. The molecule has 3 unspecified atom stereocenters. The third-order valence-corrected chi connectivity index (χ3v) is 7.15. The zero-order valence-electron chi connectivity index (χ0n) is 16.4. The van der Waals surface area contributed by atoms with Gasteiger partial charge in [-0.15, -0.1) is 0 Å². The van der Waals surface area contributed by atoms with E-state index >= 15 is 0 Å². The van der Waals surface area contributed by atoms with Crippen LogP contribution >= 0.6 is 0 Å². The average molecular weight is 375 g/mol. The van der Waals surface area contributed by atoms with Crippen LogP contribution in [-0.2, 0) is 0 Å². The number of benzene rings is 1. The molecule has 0 radical (unpaired) electrons. The predicted molar refractivity (Wildman–Crippen MR) is 108 cm³/mol. The maximum Gasteiger partial charge on any atom is 0.144 e. The molecular formula is C22H34N2O3. The Hall–Kier alpha value is -1.46. The molecule has 1 aliphatic heterocycles. The van der Waals surface area contributed by atoms with Crippen LogP contribution in [-0.4, -0.2) is 35.7 Å². The van der Waals surface area contributed by atoms with Gasteiger partial charge in [0, 0.05) is 6.07 Å². The van der Waals surface area contributed by atoms with E-state index in [1.165, 1.54) is 44.9 Å². The number of nitrogens with one attached hydrogen (secondary N) is 2. The first-order valence-electron chi connectivity index (χ1n) is 10.7. The zero-order valence-corrected chi connectivity index (χ0v) is 16.4. The zero-order chi connectivity index (χ0) is 18.8. The first-order valence-corrected chi connectivity index (χ1v) is 10.7. The minimum atomic E-state index is -0.583. The van der Waals surface area contributed by atoms with E-state index in [1.807, 2.05) is 18.2 Å². The number of unbranched alkanes of at least 4 members (excludes halogenated alkanes) is 2. The fourth-order valence-electron chi connectivity index (χ4n) is 5.53. The molecule has 4 aliphatic rings. The van der Waals surface area contributed by atoms with Crippen molar-refractivity contribution >= 4 is 11.4 Å². The van der Waals surface area contributed by atoms with E-state index in [4.69, 9.17) is 4.74 Å². The van der Waals surface area contributed by atoms with Gasteiger partial charge in [-0.25, -0.2) is 0 Å². The Labute approximate surface area is 162 Å². The molecule has 0 spiro atoms. The van der Waals surface area contributed by atoms with E-state index in [1.54, 1.807) is 7.11 Å². The summed E-state index contributed by atoms with van der Waals surface area (Å²) in [6.07, 6.45) is 10.1. The van der Waals surface area contributed by atoms with Crippen LogP contribution in [0.15, 0.2) is 18.2 Å². The number of rotatable bonds is 7. The molecule has 27 heavy (non-hydrogen) atoms. The van der Waals surface area contributed by atoms with Crippen molar-refractivity contribution in [3.8, 4) is 5.75 Å². The number of ether oxygens (including phenoxy) is 1. The van der Waals surface area contributed by atoms with Gasteiger partial charge in [-0.3, -0.25) is 0 Å². The molecule has 0 aromatic heterocycles. The molecule has 0 saturated heterocycles. The van der Waals surface area contributed by atoms with Crippen molar-refractivity contribution in [3.63, 3.8) is 0 Å². The van der Waals surface area contributed by atoms with Gasteiger partial charge in [0.25, 0.3) is 0 Å². The van der Waals surface area contributed by atoms with Gasteiger partial charge < -0.3 is 25.6 Å². The van der Waals surface area contributed by atoms with E-state index in [0.717, 1.165) is 35.9 Å². The number of aliphatic hydroxyl groups is 2. The topological polar surface area (TPSA) is 73.8 Å². The van der Waals surface area contributed by atoms with Crippen LogP contribution in [0, 0.1) is 17.8 Å². The fourth-order valence-corrected chi connectivity index (χ4v) is 5.53. The molecule has 0 amide bonds.